The number of aryl methyl sites for hydroxylation is 2. The first-order valence-corrected chi connectivity index (χ1v) is 7.41. The highest BCUT2D eigenvalue weighted by atomic mass is 35.5. The molecule has 0 spiro atoms. The molecule has 0 aliphatic carbocycles. The van der Waals surface area contributed by atoms with Gasteiger partial charge in [0.15, 0.2) is 0 Å². The molecule has 0 saturated carbocycles. The monoisotopic (exact) mass is 323 g/mol. The van der Waals surface area contributed by atoms with Crippen LogP contribution in [0.3, 0.4) is 0 Å². The van der Waals surface area contributed by atoms with Crippen LogP contribution in [0.1, 0.15) is 21.1 Å². The molecule has 0 fully saturated rings. The van der Waals surface area contributed by atoms with E-state index in [9.17, 15) is 4.79 Å². The maximum Gasteiger partial charge on any atom is 0.328 e. The van der Waals surface area contributed by atoms with Crippen molar-refractivity contribution in [3.8, 4) is 5.75 Å². The molecule has 0 bridgehead atoms. The number of aromatic nitrogens is 1. The molecule has 2 aromatic rings. The van der Waals surface area contributed by atoms with E-state index in [2.05, 4.69) is 4.98 Å². The van der Waals surface area contributed by atoms with Crippen LogP contribution >= 0.6 is 22.9 Å². The van der Waals surface area contributed by atoms with E-state index in [4.69, 9.17) is 21.4 Å². The number of carboxylic acid groups (broad SMARTS) is 1. The molecule has 0 radical (unpaired) electrons. The Morgan fingerprint density at radius 1 is 1.48 bits per heavy atom. The standard InChI is InChI=1S/C15H14ClNO3S/c1-9-10(2)21-14(17-9)8-20-13-5-4-12(16)7-11(13)3-6-15(18)19/h3-7H,8H2,1-2H3,(H,18,19)/b6-3+. The maximum atomic E-state index is 10.6. The second-order valence-corrected chi connectivity index (χ2v) is 6.12. The van der Waals surface area contributed by atoms with Gasteiger partial charge in [-0.05, 0) is 38.1 Å². The number of halogens is 1. The van der Waals surface area contributed by atoms with Crippen LogP contribution in [-0.2, 0) is 11.4 Å². The van der Waals surface area contributed by atoms with Gasteiger partial charge in [-0.1, -0.05) is 11.6 Å². The van der Waals surface area contributed by atoms with Crippen molar-refractivity contribution in [3.63, 3.8) is 0 Å². The fraction of sp³-hybridized carbons (Fsp3) is 0.200. The Morgan fingerprint density at radius 2 is 2.24 bits per heavy atom. The molecule has 2 rings (SSSR count). The van der Waals surface area contributed by atoms with Crippen molar-refractivity contribution >= 4 is 35.0 Å². The molecule has 0 saturated heterocycles. The number of hydrogen-bond donors (Lipinski definition) is 1. The molecule has 0 aliphatic heterocycles. The van der Waals surface area contributed by atoms with Gasteiger partial charge in [0.05, 0.1) is 5.69 Å². The third kappa shape index (κ3) is 4.31. The Morgan fingerprint density at radius 3 is 2.86 bits per heavy atom. The van der Waals surface area contributed by atoms with Gasteiger partial charge < -0.3 is 9.84 Å². The van der Waals surface area contributed by atoms with Crippen LogP contribution in [0.25, 0.3) is 6.08 Å². The van der Waals surface area contributed by atoms with Gasteiger partial charge in [-0.3, -0.25) is 0 Å². The molecule has 1 heterocycles. The summed E-state index contributed by atoms with van der Waals surface area (Å²) < 4.78 is 5.72. The number of nitrogens with zero attached hydrogens (tertiary/aromatic N) is 1. The Balaban J connectivity index is 2.17. The molecule has 0 atom stereocenters. The van der Waals surface area contributed by atoms with Crippen molar-refractivity contribution in [2.75, 3.05) is 0 Å². The molecule has 6 heteroatoms. The minimum Gasteiger partial charge on any atom is -0.486 e. The second kappa shape index (κ2) is 6.74. The maximum absolute atomic E-state index is 10.6. The van der Waals surface area contributed by atoms with Crippen molar-refractivity contribution in [1.82, 2.24) is 4.98 Å². The van der Waals surface area contributed by atoms with E-state index in [1.165, 1.54) is 6.08 Å². The number of hydrogen-bond acceptors (Lipinski definition) is 4. The van der Waals surface area contributed by atoms with Gasteiger partial charge in [-0.25, -0.2) is 9.78 Å². The van der Waals surface area contributed by atoms with Crippen LogP contribution < -0.4 is 4.74 Å². The first-order chi connectivity index (χ1) is 9.95. The number of aliphatic carboxylic acids is 1. The van der Waals surface area contributed by atoms with Crippen LogP contribution in [0.15, 0.2) is 24.3 Å². The largest absolute Gasteiger partial charge is 0.486 e. The third-order valence-corrected chi connectivity index (χ3v) is 4.08. The molecule has 4 nitrogen and oxygen atoms in total. The Bertz CT molecular complexity index is 675. The molecule has 21 heavy (non-hydrogen) atoms. The summed E-state index contributed by atoms with van der Waals surface area (Å²) in [6.45, 7) is 4.31. The van der Waals surface area contributed by atoms with Crippen molar-refractivity contribution in [2.45, 2.75) is 20.5 Å². The number of benzene rings is 1. The summed E-state index contributed by atoms with van der Waals surface area (Å²) in [6.07, 6.45) is 2.51. The first kappa shape index (κ1) is 15.5. The number of thiazole rings is 1. The van der Waals surface area contributed by atoms with Gasteiger partial charge in [0.2, 0.25) is 0 Å². The van der Waals surface area contributed by atoms with Gasteiger partial charge >= 0.3 is 5.97 Å². The number of ether oxygens (including phenoxy) is 1. The van der Waals surface area contributed by atoms with Crippen LogP contribution in [0.5, 0.6) is 5.75 Å². The van der Waals surface area contributed by atoms with Crippen molar-refractivity contribution in [2.24, 2.45) is 0 Å². The molecule has 1 N–H and O–H groups in total. The van der Waals surface area contributed by atoms with Gasteiger partial charge in [0, 0.05) is 21.5 Å². The van der Waals surface area contributed by atoms with E-state index in [0.29, 0.717) is 22.9 Å². The fourth-order valence-electron chi connectivity index (χ4n) is 1.68. The van der Waals surface area contributed by atoms with Crippen LogP contribution in [0.4, 0.5) is 0 Å². The predicted molar refractivity (Wildman–Crippen MR) is 84.0 cm³/mol. The quantitative estimate of drug-likeness (QED) is 0.842. The minimum atomic E-state index is -1.02. The van der Waals surface area contributed by atoms with Crippen molar-refractivity contribution in [1.29, 1.82) is 0 Å². The van der Waals surface area contributed by atoms with E-state index in [1.54, 1.807) is 29.5 Å². The lowest BCUT2D eigenvalue weighted by Crippen LogP contribution is -1.97. The van der Waals surface area contributed by atoms with Gasteiger partial charge in [-0.15, -0.1) is 11.3 Å². The smallest absolute Gasteiger partial charge is 0.328 e. The summed E-state index contributed by atoms with van der Waals surface area (Å²) in [5, 5.41) is 10.1. The summed E-state index contributed by atoms with van der Waals surface area (Å²) in [5.74, 6) is -0.450. The molecule has 0 amide bonds. The van der Waals surface area contributed by atoms with Gasteiger partial charge in [0.25, 0.3) is 0 Å². The van der Waals surface area contributed by atoms with Crippen molar-refractivity contribution in [3.05, 3.63) is 50.4 Å². The minimum absolute atomic E-state index is 0.342. The number of carboxylic acids is 1. The van der Waals surface area contributed by atoms with Crippen LogP contribution in [-0.4, -0.2) is 16.1 Å². The van der Waals surface area contributed by atoms with Gasteiger partial charge in [0.1, 0.15) is 17.4 Å². The van der Waals surface area contributed by atoms with Crippen molar-refractivity contribution < 1.29 is 14.6 Å². The number of carbonyl (C=O) groups is 1. The Hall–Kier alpha value is -1.85. The van der Waals surface area contributed by atoms with Crippen LogP contribution in [0.2, 0.25) is 5.02 Å². The van der Waals surface area contributed by atoms with Gasteiger partial charge in [-0.2, -0.15) is 0 Å². The highest BCUT2D eigenvalue weighted by molar-refractivity contribution is 7.11. The Labute approximate surface area is 131 Å². The molecule has 0 unspecified atom stereocenters. The summed E-state index contributed by atoms with van der Waals surface area (Å²) in [4.78, 5) is 16.2. The molecule has 110 valence electrons. The summed E-state index contributed by atoms with van der Waals surface area (Å²) in [5.41, 5.74) is 1.62. The first-order valence-electron chi connectivity index (χ1n) is 6.22. The molecule has 1 aromatic carbocycles. The zero-order valence-corrected chi connectivity index (χ0v) is 13.2. The zero-order valence-electron chi connectivity index (χ0n) is 11.6. The average molecular weight is 324 g/mol. The second-order valence-electron chi connectivity index (χ2n) is 4.39. The number of rotatable bonds is 5. The SMILES string of the molecule is Cc1nc(COc2ccc(Cl)cc2/C=C/C(=O)O)sc1C. The van der Waals surface area contributed by atoms with E-state index in [0.717, 1.165) is 21.7 Å². The fourth-order valence-corrected chi connectivity index (χ4v) is 2.71. The van der Waals surface area contributed by atoms with E-state index in [-0.39, 0.29) is 0 Å². The lowest BCUT2D eigenvalue weighted by Gasteiger charge is -2.08. The zero-order chi connectivity index (χ0) is 15.4. The summed E-state index contributed by atoms with van der Waals surface area (Å²) >= 11 is 7.51. The predicted octanol–water partition coefficient (Wildman–Crippen LogP) is 4.09. The Kier molecular flexibility index (Phi) is 4.98. The van der Waals surface area contributed by atoms with E-state index in [1.807, 2.05) is 13.8 Å². The molecular formula is C15H14ClNO3S. The lowest BCUT2D eigenvalue weighted by atomic mass is 10.2. The van der Waals surface area contributed by atoms with Crippen LogP contribution in [0, 0.1) is 13.8 Å². The third-order valence-electron chi connectivity index (χ3n) is 2.80. The summed E-state index contributed by atoms with van der Waals surface area (Å²) in [7, 11) is 0. The van der Waals surface area contributed by atoms with E-state index < -0.39 is 5.97 Å². The van der Waals surface area contributed by atoms with E-state index >= 15 is 0 Å². The summed E-state index contributed by atoms with van der Waals surface area (Å²) in [6, 6.07) is 5.08. The topological polar surface area (TPSA) is 59.4 Å². The highest BCUT2D eigenvalue weighted by Gasteiger charge is 2.07. The lowest BCUT2D eigenvalue weighted by molar-refractivity contribution is -0.131. The average Bonchev–Trinajstić information content (AvgIpc) is 2.74. The normalized spacial score (nSPS) is 11.0. The highest BCUT2D eigenvalue weighted by Crippen LogP contribution is 2.26. The molecular weight excluding hydrogens is 310 g/mol. The molecule has 1 aromatic heterocycles. The molecule has 0 aliphatic rings.